The summed E-state index contributed by atoms with van der Waals surface area (Å²) in [4.78, 5) is 27.4. The van der Waals surface area contributed by atoms with Crippen molar-refractivity contribution < 1.29 is 4.79 Å². The Kier molecular flexibility index (Phi) is 2.43. The van der Waals surface area contributed by atoms with Gasteiger partial charge in [-0.15, -0.1) is 0 Å². The van der Waals surface area contributed by atoms with E-state index in [0.717, 1.165) is 29.9 Å². The number of fused-ring (bicyclic) bond motifs is 1. The van der Waals surface area contributed by atoms with E-state index < -0.39 is 0 Å². The molecule has 0 aromatic carbocycles. The first-order chi connectivity index (χ1) is 8.68. The Labute approximate surface area is 105 Å². The van der Waals surface area contributed by atoms with Crippen LogP contribution >= 0.6 is 0 Å². The molecule has 3 heterocycles. The first-order valence-corrected chi connectivity index (χ1v) is 5.98. The molecule has 2 aromatic heterocycles. The van der Waals surface area contributed by atoms with Gasteiger partial charge in [0.15, 0.2) is 0 Å². The summed E-state index contributed by atoms with van der Waals surface area (Å²) in [6.45, 7) is 3.43. The third-order valence-corrected chi connectivity index (χ3v) is 3.48. The number of amides is 1. The molecule has 0 saturated carbocycles. The van der Waals surface area contributed by atoms with Crippen LogP contribution in [0.1, 0.15) is 6.92 Å². The van der Waals surface area contributed by atoms with Gasteiger partial charge in [-0.2, -0.15) is 0 Å². The minimum absolute atomic E-state index is 0.128. The molecule has 1 atom stereocenters. The van der Waals surface area contributed by atoms with E-state index in [1.807, 2.05) is 31.1 Å². The molecule has 1 aliphatic heterocycles. The Morgan fingerprint density at radius 1 is 1.39 bits per heavy atom. The van der Waals surface area contributed by atoms with Gasteiger partial charge in [-0.3, -0.25) is 4.79 Å². The summed E-state index contributed by atoms with van der Waals surface area (Å²) in [5.74, 6) is 0.957. The van der Waals surface area contributed by atoms with Crippen molar-refractivity contribution in [2.75, 3.05) is 25.0 Å². The van der Waals surface area contributed by atoms with E-state index in [9.17, 15) is 4.79 Å². The number of H-pyrrole nitrogens is 1. The molecule has 1 unspecified atom stereocenters. The second kappa shape index (κ2) is 3.97. The fourth-order valence-electron chi connectivity index (χ4n) is 2.39. The first kappa shape index (κ1) is 11.0. The number of aromatic nitrogens is 3. The van der Waals surface area contributed by atoms with Crippen molar-refractivity contribution in [3.05, 3.63) is 18.6 Å². The number of nitrogens with one attached hydrogen (secondary N) is 1. The Balaban J connectivity index is 2.04. The fourth-order valence-corrected chi connectivity index (χ4v) is 2.39. The summed E-state index contributed by atoms with van der Waals surface area (Å²) < 4.78 is 0. The molecule has 0 radical (unpaired) electrons. The Morgan fingerprint density at radius 2 is 2.22 bits per heavy atom. The van der Waals surface area contributed by atoms with Gasteiger partial charge in [0.2, 0.25) is 5.91 Å². The molecule has 94 valence electrons. The second-order valence-corrected chi connectivity index (χ2v) is 4.57. The highest BCUT2D eigenvalue weighted by molar-refractivity contribution is 5.92. The standard InChI is InChI=1S/C12H15N5O/c1-8-12(18)16(2)5-6-17(8)11-9-3-4-13-10(9)14-7-15-11/h3-4,7-8H,5-6H2,1-2H3,(H,13,14,15). The van der Waals surface area contributed by atoms with Gasteiger partial charge in [-0.1, -0.05) is 0 Å². The van der Waals surface area contributed by atoms with Crippen molar-refractivity contribution >= 4 is 22.8 Å². The van der Waals surface area contributed by atoms with E-state index in [4.69, 9.17) is 0 Å². The molecule has 18 heavy (non-hydrogen) atoms. The van der Waals surface area contributed by atoms with E-state index in [0.29, 0.717) is 0 Å². The number of rotatable bonds is 1. The maximum Gasteiger partial charge on any atom is 0.244 e. The fraction of sp³-hybridized carbons (Fsp3) is 0.417. The molecular formula is C12H15N5O. The van der Waals surface area contributed by atoms with Crippen LogP contribution in [0.4, 0.5) is 5.82 Å². The maximum absolute atomic E-state index is 12.0. The van der Waals surface area contributed by atoms with Crippen LogP contribution in [0.2, 0.25) is 0 Å². The number of aromatic amines is 1. The Bertz CT molecular complexity index is 593. The second-order valence-electron chi connectivity index (χ2n) is 4.57. The minimum Gasteiger partial charge on any atom is -0.346 e. The molecule has 1 amide bonds. The summed E-state index contributed by atoms with van der Waals surface area (Å²) in [5.41, 5.74) is 0.804. The molecule has 1 saturated heterocycles. The maximum atomic E-state index is 12.0. The van der Waals surface area contributed by atoms with Crippen molar-refractivity contribution in [3.8, 4) is 0 Å². The summed E-state index contributed by atoms with van der Waals surface area (Å²) in [6, 6.07) is 1.76. The lowest BCUT2D eigenvalue weighted by Gasteiger charge is -2.38. The third-order valence-electron chi connectivity index (χ3n) is 3.48. The normalized spacial score (nSPS) is 20.8. The molecule has 2 aromatic rings. The zero-order chi connectivity index (χ0) is 12.7. The van der Waals surface area contributed by atoms with E-state index in [1.54, 1.807) is 4.90 Å². The third kappa shape index (κ3) is 1.53. The zero-order valence-electron chi connectivity index (χ0n) is 10.4. The van der Waals surface area contributed by atoms with E-state index in [1.165, 1.54) is 6.33 Å². The van der Waals surface area contributed by atoms with Crippen LogP contribution in [0.3, 0.4) is 0 Å². The first-order valence-electron chi connectivity index (χ1n) is 5.98. The van der Waals surface area contributed by atoms with Crippen LogP contribution < -0.4 is 4.90 Å². The van der Waals surface area contributed by atoms with Crippen LogP contribution in [0.25, 0.3) is 11.0 Å². The highest BCUT2D eigenvalue weighted by atomic mass is 16.2. The lowest BCUT2D eigenvalue weighted by Crippen LogP contribution is -2.54. The van der Waals surface area contributed by atoms with Crippen LogP contribution in [-0.2, 0) is 4.79 Å². The summed E-state index contributed by atoms with van der Waals surface area (Å²) >= 11 is 0. The van der Waals surface area contributed by atoms with Gasteiger partial charge in [0.1, 0.15) is 23.8 Å². The highest BCUT2D eigenvalue weighted by Crippen LogP contribution is 2.25. The van der Waals surface area contributed by atoms with E-state index in [2.05, 4.69) is 15.0 Å². The van der Waals surface area contributed by atoms with Crippen LogP contribution in [-0.4, -0.2) is 51.9 Å². The van der Waals surface area contributed by atoms with Crippen LogP contribution in [0, 0.1) is 0 Å². The lowest BCUT2D eigenvalue weighted by atomic mass is 10.1. The molecule has 3 rings (SSSR count). The molecular weight excluding hydrogens is 230 g/mol. The topological polar surface area (TPSA) is 65.1 Å². The van der Waals surface area contributed by atoms with Crippen molar-refractivity contribution in [1.29, 1.82) is 0 Å². The Hall–Kier alpha value is -2.11. The van der Waals surface area contributed by atoms with Gasteiger partial charge in [-0.25, -0.2) is 9.97 Å². The molecule has 6 heteroatoms. The van der Waals surface area contributed by atoms with Gasteiger partial charge in [0.05, 0.1) is 5.39 Å². The van der Waals surface area contributed by atoms with E-state index >= 15 is 0 Å². The number of anilines is 1. The predicted octanol–water partition coefficient (Wildman–Crippen LogP) is 0.625. The van der Waals surface area contributed by atoms with Crippen molar-refractivity contribution in [2.45, 2.75) is 13.0 Å². The largest absolute Gasteiger partial charge is 0.346 e. The monoisotopic (exact) mass is 245 g/mol. The molecule has 1 aliphatic rings. The van der Waals surface area contributed by atoms with Gasteiger partial charge in [0.25, 0.3) is 0 Å². The van der Waals surface area contributed by atoms with Gasteiger partial charge in [0, 0.05) is 26.3 Å². The number of likely N-dealkylation sites (N-methyl/N-ethyl adjacent to an activating group) is 1. The number of carbonyl (C=O) groups excluding carboxylic acids is 1. The molecule has 0 bridgehead atoms. The zero-order valence-corrected chi connectivity index (χ0v) is 10.4. The smallest absolute Gasteiger partial charge is 0.244 e. The highest BCUT2D eigenvalue weighted by Gasteiger charge is 2.31. The minimum atomic E-state index is -0.184. The van der Waals surface area contributed by atoms with Crippen LogP contribution in [0.5, 0.6) is 0 Å². The number of carbonyl (C=O) groups is 1. The van der Waals surface area contributed by atoms with Crippen molar-refractivity contribution in [3.63, 3.8) is 0 Å². The molecule has 6 nitrogen and oxygen atoms in total. The SMILES string of the molecule is CC1C(=O)N(C)CCN1c1ncnc2[nH]ccc12. The average Bonchev–Trinajstić information content (AvgIpc) is 2.84. The van der Waals surface area contributed by atoms with Gasteiger partial charge >= 0.3 is 0 Å². The number of nitrogens with zero attached hydrogens (tertiary/aromatic N) is 4. The van der Waals surface area contributed by atoms with E-state index in [-0.39, 0.29) is 11.9 Å². The predicted molar refractivity (Wildman–Crippen MR) is 68.3 cm³/mol. The summed E-state index contributed by atoms with van der Waals surface area (Å²) in [7, 11) is 1.84. The number of hydrogen-bond acceptors (Lipinski definition) is 4. The molecule has 0 spiro atoms. The quantitative estimate of drug-likeness (QED) is 0.800. The van der Waals surface area contributed by atoms with Crippen molar-refractivity contribution in [1.82, 2.24) is 19.9 Å². The van der Waals surface area contributed by atoms with Gasteiger partial charge < -0.3 is 14.8 Å². The molecule has 0 aliphatic carbocycles. The average molecular weight is 245 g/mol. The summed E-state index contributed by atoms with van der Waals surface area (Å²) in [6.07, 6.45) is 3.37. The Morgan fingerprint density at radius 3 is 3.06 bits per heavy atom. The van der Waals surface area contributed by atoms with Crippen molar-refractivity contribution in [2.24, 2.45) is 0 Å². The molecule has 1 fully saturated rings. The van der Waals surface area contributed by atoms with Gasteiger partial charge in [-0.05, 0) is 13.0 Å². The number of piperazine rings is 1. The lowest BCUT2D eigenvalue weighted by molar-refractivity contribution is -0.132. The molecule has 1 N–H and O–H groups in total. The number of hydrogen-bond donors (Lipinski definition) is 1. The summed E-state index contributed by atoms with van der Waals surface area (Å²) in [5, 5.41) is 0.960. The van der Waals surface area contributed by atoms with Crippen LogP contribution in [0.15, 0.2) is 18.6 Å².